The minimum atomic E-state index is 0.833. The van der Waals surface area contributed by atoms with Gasteiger partial charge in [-0.25, -0.2) is 0 Å². The molecule has 0 aromatic heterocycles. The van der Waals surface area contributed by atoms with Crippen LogP contribution in [-0.2, 0) is 4.74 Å². The van der Waals surface area contributed by atoms with Crippen molar-refractivity contribution in [1.82, 2.24) is 0 Å². The summed E-state index contributed by atoms with van der Waals surface area (Å²) in [7, 11) is 0. The van der Waals surface area contributed by atoms with Gasteiger partial charge in [-0.2, -0.15) is 0 Å². The molecular weight excluding hydrogens is 148 g/mol. The van der Waals surface area contributed by atoms with E-state index in [1.54, 1.807) is 6.26 Å². The lowest BCUT2D eigenvalue weighted by molar-refractivity contribution is 0.231. The second-order valence-corrected chi connectivity index (χ2v) is 3.12. The molecule has 74 valence electrons. The van der Waals surface area contributed by atoms with Gasteiger partial charge >= 0.3 is 0 Å². The molecule has 0 aromatic carbocycles. The summed E-state index contributed by atoms with van der Waals surface area (Å²) in [4.78, 5) is 0. The van der Waals surface area contributed by atoms with E-state index in [0.717, 1.165) is 12.5 Å². The molecule has 1 aliphatic heterocycles. The molecule has 0 aromatic rings. The standard InChI is InChI=1S/C5H8O.C4H10.C2H6/c1-2-4-6-5-3-1;1-4(2)3;1-2/h2,4H,1,3,5H2;4H,1-3H3;1-2H3. The molecule has 0 atom stereocenters. The summed E-state index contributed by atoms with van der Waals surface area (Å²) in [6.07, 6.45) is 6.20. The first-order valence-electron chi connectivity index (χ1n) is 5.00. The van der Waals surface area contributed by atoms with Crippen molar-refractivity contribution in [2.75, 3.05) is 6.61 Å². The molecule has 0 radical (unpaired) electrons. The third-order valence-corrected chi connectivity index (χ3v) is 0.825. The predicted molar refractivity (Wildman–Crippen MR) is 56.2 cm³/mol. The monoisotopic (exact) mass is 172 g/mol. The topological polar surface area (TPSA) is 9.23 Å². The van der Waals surface area contributed by atoms with Crippen LogP contribution in [0.4, 0.5) is 0 Å². The van der Waals surface area contributed by atoms with Crippen LogP contribution < -0.4 is 0 Å². The summed E-state index contributed by atoms with van der Waals surface area (Å²) >= 11 is 0. The Hall–Kier alpha value is -0.460. The van der Waals surface area contributed by atoms with E-state index >= 15 is 0 Å². The molecular formula is C11H24O. The number of hydrogen-bond acceptors (Lipinski definition) is 1. The molecule has 1 aliphatic rings. The molecule has 0 bridgehead atoms. The fourth-order valence-corrected chi connectivity index (χ4v) is 0.489. The lowest BCUT2D eigenvalue weighted by Crippen LogP contribution is -1.90. The van der Waals surface area contributed by atoms with Crippen LogP contribution in [0, 0.1) is 5.92 Å². The minimum absolute atomic E-state index is 0.833. The van der Waals surface area contributed by atoms with E-state index in [1.165, 1.54) is 12.8 Å². The van der Waals surface area contributed by atoms with E-state index in [9.17, 15) is 0 Å². The van der Waals surface area contributed by atoms with Crippen molar-refractivity contribution in [1.29, 1.82) is 0 Å². The van der Waals surface area contributed by atoms with Crippen LogP contribution >= 0.6 is 0 Å². The van der Waals surface area contributed by atoms with Crippen LogP contribution in [0.5, 0.6) is 0 Å². The van der Waals surface area contributed by atoms with E-state index in [0.29, 0.717) is 0 Å². The number of allylic oxidation sites excluding steroid dienone is 1. The third kappa shape index (κ3) is 22.7. The predicted octanol–water partition coefficient (Wildman–Crippen LogP) is 4.00. The molecule has 0 saturated heterocycles. The van der Waals surface area contributed by atoms with E-state index < -0.39 is 0 Å². The summed E-state index contributed by atoms with van der Waals surface area (Å²) in [6, 6.07) is 0. The molecule has 0 saturated carbocycles. The average molecular weight is 172 g/mol. The second-order valence-electron chi connectivity index (χ2n) is 3.12. The molecule has 1 nitrogen and oxygen atoms in total. The van der Waals surface area contributed by atoms with Gasteiger partial charge in [0.25, 0.3) is 0 Å². The van der Waals surface area contributed by atoms with Gasteiger partial charge in [-0.15, -0.1) is 0 Å². The van der Waals surface area contributed by atoms with E-state index in [2.05, 4.69) is 20.8 Å². The first kappa shape index (κ1) is 14.1. The highest BCUT2D eigenvalue weighted by atomic mass is 16.5. The Morgan fingerprint density at radius 1 is 1.17 bits per heavy atom. The van der Waals surface area contributed by atoms with Crippen molar-refractivity contribution in [3.8, 4) is 0 Å². The quantitative estimate of drug-likeness (QED) is 0.536. The Morgan fingerprint density at radius 2 is 1.67 bits per heavy atom. The van der Waals surface area contributed by atoms with Crippen LogP contribution in [-0.4, -0.2) is 6.61 Å². The zero-order valence-corrected chi connectivity index (χ0v) is 9.26. The molecule has 0 aliphatic carbocycles. The molecule has 1 heteroatoms. The zero-order valence-electron chi connectivity index (χ0n) is 9.26. The first-order chi connectivity index (χ1) is 5.73. The third-order valence-electron chi connectivity index (χ3n) is 0.825. The van der Waals surface area contributed by atoms with Crippen LogP contribution in [0.25, 0.3) is 0 Å². The highest BCUT2D eigenvalue weighted by molar-refractivity contribution is 4.76. The van der Waals surface area contributed by atoms with Crippen molar-refractivity contribution >= 4 is 0 Å². The van der Waals surface area contributed by atoms with Crippen molar-refractivity contribution in [3.63, 3.8) is 0 Å². The summed E-state index contributed by atoms with van der Waals surface area (Å²) in [5.74, 6) is 0.833. The molecule has 0 unspecified atom stereocenters. The van der Waals surface area contributed by atoms with E-state index in [-0.39, 0.29) is 0 Å². The largest absolute Gasteiger partial charge is 0.502 e. The normalized spacial score (nSPS) is 13.5. The Balaban J connectivity index is 0. The Kier molecular flexibility index (Phi) is 15.4. The highest BCUT2D eigenvalue weighted by Crippen LogP contribution is 1.97. The van der Waals surface area contributed by atoms with Gasteiger partial charge < -0.3 is 4.74 Å². The van der Waals surface area contributed by atoms with Crippen LogP contribution in [0.15, 0.2) is 12.3 Å². The van der Waals surface area contributed by atoms with Gasteiger partial charge in [0, 0.05) is 0 Å². The molecule has 0 amide bonds. The van der Waals surface area contributed by atoms with Gasteiger partial charge in [-0.1, -0.05) is 34.6 Å². The van der Waals surface area contributed by atoms with Crippen molar-refractivity contribution in [3.05, 3.63) is 12.3 Å². The van der Waals surface area contributed by atoms with Crippen LogP contribution in [0.3, 0.4) is 0 Å². The van der Waals surface area contributed by atoms with Gasteiger partial charge in [-0.05, 0) is 24.8 Å². The highest BCUT2D eigenvalue weighted by Gasteiger charge is 1.86. The molecule has 1 rings (SSSR count). The van der Waals surface area contributed by atoms with Gasteiger partial charge in [0.1, 0.15) is 0 Å². The fraction of sp³-hybridized carbons (Fsp3) is 0.818. The van der Waals surface area contributed by atoms with Crippen molar-refractivity contribution < 1.29 is 4.74 Å². The van der Waals surface area contributed by atoms with Crippen molar-refractivity contribution in [2.45, 2.75) is 47.5 Å². The number of ether oxygens (including phenoxy) is 1. The number of rotatable bonds is 0. The lowest BCUT2D eigenvalue weighted by atomic mass is 10.3. The Bertz CT molecular complexity index is 74.3. The van der Waals surface area contributed by atoms with Gasteiger partial charge in [-0.3, -0.25) is 0 Å². The Labute approximate surface area is 77.8 Å². The minimum Gasteiger partial charge on any atom is -0.502 e. The maximum atomic E-state index is 4.89. The van der Waals surface area contributed by atoms with Crippen LogP contribution in [0.1, 0.15) is 47.5 Å². The maximum Gasteiger partial charge on any atom is 0.0876 e. The van der Waals surface area contributed by atoms with E-state index in [4.69, 9.17) is 4.74 Å². The molecule has 1 heterocycles. The summed E-state index contributed by atoms with van der Waals surface area (Å²) in [5.41, 5.74) is 0. The SMILES string of the molecule is C1=COCCC1.CC.CC(C)C. The molecule has 0 N–H and O–H groups in total. The van der Waals surface area contributed by atoms with Gasteiger partial charge in [0.05, 0.1) is 12.9 Å². The van der Waals surface area contributed by atoms with E-state index in [1.807, 2.05) is 19.9 Å². The lowest BCUT2D eigenvalue weighted by Gasteiger charge is -2.01. The van der Waals surface area contributed by atoms with Crippen LogP contribution in [0.2, 0.25) is 0 Å². The molecule has 12 heavy (non-hydrogen) atoms. The first-order valence-corrected chi connectivity index (χ1v) is 5.00. The summed E-state index contributed by atoms with van der Waals surface area (Å²) < 4.78 is 4.89. The fourth-order valence-electron chi connectivity index (χ4n) is 0.489. The van der Waals surface area contributed by atoms with Gasteiger partial charge in [0.15, 0.2) is 0 Å². The smallest absolute Gasteiger partial charge is 0.0876 e. The summed E-state index contributed by atoms with van der Waals surface area (Å²) in [5, 5.41) is 0. The maximum absolute atomic E-state index is 4.89. The summed E-state index contributed by atoms with van der Waals surface area (Å²) in [6.45, 7) is 11.4. The number of hydrogen-bond donors (Lipinski definition) is 0. The second kappa shape index (κ2) is 13.2. The average Bonchev–Trinajstić information content (AvgIpc) is 2.10. The Morgan fingerprint density at radius 3 is 1.75 bits per heavy atom. The van der Waals surface area contributed by atoms with Gasteiger partial charge in [0.2, 0.25) is 0 Å². The van der Waals surface area contributed by atoms with Crippen molar-refractivity contribution in [2.24, 2.45) is 5.92 Å². The zero-order chi connectivity index (χ0) is 9.82. The molecule has 0 fully saturated rings. The molecule has 0 spiro atoms.